The Morgan fingerprint density at radius 2 is 1.83 bits per heavy atom. The first-order valence-electron chi connectivity index (χ1n) is 5.40. The van der Waals surface area contributed by atoms with Crippen LogP contribution in [0.4, 0.5) is 4.39 Å². The van der Waals surface area contributed by atoms with E-state index in [0.29, 0.717) is 16.8 Å². The molecular weight excluding hydrogens is 299 g/mol. The van der Waals surface area contributed by atoms with E-state index in [0.717, 1.165) is 5.56 Å². The maximum atomic E-state index is 13.7. The van der Waals surface area contributed by atoms with Crippen molar-refractivity contribution in [2.75, 3.05) is 7.11 Å². The third-order valence-electron chi connectivity index (χ3n) is 2.45. The molecule has 94 valence electrons. The van der Waals surface area contributed by atoms with Crippen LogP contribution >= 0.6 is 15.9 Å². The Hall–Kier alpha value is -1.55. The Labute approximate surface area is 113 Å². The Balaban J connectivity index is 2.33. The normalized spacial score (nSPS) is 10.2. The number of halogens is 2. The topological polar surface area (TPSA) is 18.5 Å². The molecule has 0 fully saturated rings. The summed E-state index contributed by atoms with van der Waals surface area (Å²) in [7, 11) is 1.58. The zero-order valence-corrected chi connectivity index (χ0v) is 11.4. The lowest BCUT2D eigenvalue weighted by molar-refractivity contribution is 0.404. The van der Waals surface area contributed by atoms with Crippen molar-refractivity contribution in [3.63, 3.8) is 0 Å². The van der Waals surface area contributed by atoms with Crippen molar-refractivity contribution in [1.82, 2.24) is 0 Å². The fraction of sp³-hybridized carbons (Fsp3) is 0.143. The van der Waals surface area contributed by atoms with E-state index < -0.39 is 0 Å². The highest BCUT2D eigenvalue weighted by atomic mass is 79.9. The van der Waals surface area contributed by atoms with Crippen molar-refractivity contribution in [3.05, 3.63) is 53.8 Å². The van der Waals surface area contributed by atoms with E-state index in [-0.39, 0.29) is 11.6 Å². The molecule has 0 atom stereocenters. The lowest BCUT2D eigenvalue weighted by Crippen LogP contribution is -1.93. The maximum Gasteiger partial charge on any atom is 0.167 e. The van der Waals surface area contributed by atoms with Crippen LogP contribution in [0.2, 0.25) is 0 Å². The van der Waals surface area contributed by atoms with Crippen LogP contribution in [-0.2, 0) is 5.33 Å². The quantitative estimate of drug-likeness (QED) is 0.773. The molecular formula is C14H12BrFO2. The first kappa shape index (κ1) is 12.9. The minimum Gasteiger partial charge on any atom is -0.497 e. The van der Waals surface area contributed by atoms with Gasteiger partial charge in [-0.1, -0.05) is 34.1 Å². The second kappa shape index (κ2) is 5.87. The average molecular weight is 311 g/mol. The molecule has 0 aromatic heterocycles. The van der Waals surface area contributed by atoms with E-state index in [1.807, 2.05) is 6.07 Å². The number of ether oxygens (including phenoxy) is 2. The highest BCUT2D eigenvalue weighted by Gasteiger charge is 2.10. The Morgan fingerprint density at radius 1 is 1.11 bits per heavy atom. The third-order valence-corrected chi connectivity index (χ3v) is 3.06. The van der Waals surface area contributed by atoms with Crippen molar-refractivity contribution < 1.29 is 13.9 Å². The first-order valence-corrected chi connectivity index (χ1v) is 6.52. The second-order valence-electron chi connectivity index (χ2n) is 3.64. The minimum atomic E-state index is -0.380. The molecule has 0 heterocycles. The van der Waals surface area contributed by atoms with Crippen LogP contribution in [0.5, 0.6) is 17.2 Å². The highest BCUT2D eigenvalue weighted by molar-refractivity contribution is 9.08. The number of methoxy groups -OCH3 is 1. The molecule has 0 N–H and O–H groups in total. The summed E-state index contributed by atoms with van der Waals surface area (Å²) in [5.41, 5.74) is 0.762. The van der Waals surface area contributed by atoms with E-state index in [1.165, 1.54) is 6.07 Å². The molecule has 2 aromatic rings. The summed E-state index contributed by atoms with van der Waals surface area (Å²) in [4.78, 5) is 0. The molecule has 0 amide bonds. The van der Waals surface area contributed by atoms with Gasteiger partial charge >= 0.3 is 0 Å². The molecule has 0 aliphatic heterocycles. The van der Waals surface area contributed by atoms with Crippen LogP contribution in [0.3, 0.4) is 0 Å². The predicted molar refractivity (Wildman–Crippen MR) is 72.1 cm³/mol. The van der Waals surface area contributed by atoms with Crippen LogP contribution < -0.4 is 9.47 Å². The molecule has 2 aromatic carbocycles. The fourth-order valence-corrected chi connectivity index (χ4v) is 2.00. The Morgan fingerprint density at radius 3 is 2.56 bits per heavy atom. The summed E-state index contributed by atoms with van der Waals surface area (Å²) in [5, 5.41) is 0.532. The SMILES string of the molecule is COc1cccc(Oc2c(F)cccc2CBr)c1. The van der Waals surface area contributed by atoms with Crippen molar-refractivity contribution >= 4 is 15.9 Å². The lowest BCUT2D eigenvalue weighted by atomic mass is 10.2. The van der Waals surface area contributed by atoms with Gasteiger partial charge in [-0.25, -0.2) is 4.39 Å². The van der Waals surface area contributed by atoms with E-state index in [4.69, 9.17) is 9.47 Å². The number of rotatable bonds is 4. The summed E-state index contributed by atoms with van der Waals surface area (Å²) in [6.45, 7) is 0. The van der Waals surface area contributed by atoms with Crippen LogP contribution in [0.15, 0.2) is 42.5 Å². The van der Waals surface area contributed by atoms with Gasteiger partial charge in [-0.2, -0.15) is 0 Å². The number of para-hydroxylation sites is 1. The molecule has 0 bridgehead atoms. The number of benzene rings is 2. The molecule has 0 spiro atoms. The van der Waals surface area contributed by atoms with Crippen molar-refractivity contribution in [3.8, 4) is 17.2 Å². The molecule has 2 rings (SSSR count). The fourth-order valence-electron chi connectivity index (χ4n) is 1.56. The van der Waals surface area contributed by atoms with E-state index in [1.54, 1.807) is 37.4 Å². The van der Waals surface area contributed by atoms with Crippen molar-refractivity contribution in [2.24, 2.45) is 0 Å². The van der Waals surface area contributed by atoms with E-state index >= 15 is 0 Å². The van der Waals surface area contributed by atoms with Gasteiger partial charge in [-0.15, -0.1) is 0 Å². The third kappa shape index (κ3) is 2.82. The van der Waals surface area contributed by atoms with Crippen LogP contribution in [0.25, 0.3) is 0 Å². The molecule has 0 aliphatic carbocycles. The smallest absolute Gasteiger partial charge is 0.167 e. The summed E-state index contributed by atoms with van der Waals surface area (Å²) in [5.74, 6) is 1.07. The van der Waals surface area contributed by atoms with Gasteiger partial charge in [0.2, 0.25) is 0 Å². The van der Waals surface area contributed by atoms with Crippen LogP contribution in [0, 0.1) is 5.82 Å². The molecule has 0 aliphatic rings. The highest BCUT2D eigenvalue weighted by Crippen LogP contribution is 2.31. The Bertz CT molecular complexity index is 543. The summed E-state index contributed by atoms with van der Waals surface area (Å²) in [6, 6.07) is 11.9. The van der Waals surface area contributed by atoms with Gasteiger partial charge in [0.15, 0.2) is 11.6 Å². The summed E-state index contributed by atoms with van der Waals surface area (Å²) < 4.78 is 24.4. The molecule has 0 unspecified atom stereocenters. The summed E-state index contributed by atoms with van der Waals surface area (Å²) >= 11 is 3.31. The molecule has 2 nitrogen and oxygen atoms in total. The lowest BCUT2D eigenvalue weighted by Gasteiger charge is -2.11. The molecule has 0 saturated heterocycles. The first-order chi connectivity index (χ1) is 8.74. The Kier molecular flexibility index (Phi) is 4.20. The minimum absolute atomic E-state index is 0.239. The average Bonchev–Trinajstić information content (AvgIpc) is 2.41. The van der Waals surface area contributed by atoms with Gasteiger partial charge in [0, 0.05) is 17.0 Å². The van der Waals surface area contributed by atoms with Gasteiger partial charge in [0.25, 0.3) is 0 Å². The van der Waals surface area contributed by atoms with Gasteiger partial charge in [-0.3, -0.25) is 0 Å². The number of hydrogen-bond acceptors (Lipinski definition) is 2. The van der Waals surface area contributed by atoms with Crippen molar-refractivity contribution in [1.29, 1.82) is 0 Å². The van der Waals surface area contributed by atoms with Crippen LogP contribution in [-0.4, -0.2) is 7.11 Å². The van der Waals surface area contributed by atoms with Gasteiger partial charge in [0.05, 0.1) is 7.11 Å². The maximum absolute atomic E-state index is 13.7. The standard InChI is InChI=1S/C14H12BrFO2/c1-17-11-5-3-6-12(8-11)18-14-10(9-15)4-2-7-13(14)16/h2-8H,9H2,1H3. The van der Waals surface area contributed by atoms with Gasteiger partial charge in [0.1, 0.15) is 11.5 Å². The molecule has 18 heavy (non-hydrogen) atoms. The van der Waals surface area contributed by atoms with E-state index in [9.17, 15) is 4.39 Å². The summed E-state index contributed by atoms with van der Waals surface area (Å²) in [6.07, 6.45) is 0. The number of alkyl halides is 1. The van der Waals surface area contributed by atoms with Gasteiger partial charge in [-0.05, 0) is 18.2 Å². The van der Waals surface area contributed by atoms with E-state index in [2.05, 4.69) is 15.9 Å². The zero-order valence-electron chi connectivity index (χ0n) is 9.82. The second-order valence-corrected chi connectivity index (χ2v) is 4.20. The monoisotopic (exact) mass is 310 g/mol. The van der Waals surface area contributed by atoms with Gasteiger partial charge < -0.3 is 9.47 Å². The largest absolute Gasteiger partial charge is 0.497 e. The molecule has 0 saturated carbocycles. The zero-order chi connectivity index (χ0) is 13.0. The predicted octanol–water partition coefficient (Wildman–Crippen LogP) is 4.52. The van der Waals surface area contributed by atoms with Crippen LogP contribution in [0.1, 0.15) is 5.56 Å². The molecule has 4 heteroatoms. The van der Waals surface area contributed by atoms with Crippen molar-refractivity contribution in [2.45, 2.75) is 5.33 Å². The number of hydrogen-bond donors (Lipinski definition) is 0. The molecule has 0 radical (unpaired) electrons.